The summed E-state index contributed by atoms with van der Waals surface area (Å²) in [5.74, 6) is 1.52. The van der Waals surface area contributed by atoms with Crippen LogP contribution in [0.2, 0.25) is 0 Å². The first-order valence-corrected chi connectivity index (χ1v) is 7.97. The molecule has 1 unspecified atom stereocenters. The highest BCUT2D eigenvalue weighted by Crippen LogP contribution is 2.34. The quantitative estimate of drug-likeness (QED) is 0.773. The Morgan fingerprint density at radius 3 is 2.71 bits per heavy atom. The van der Waals surface area contributed by atoms with Crippen molar-refractivity contribution in [1.82, 2.24) is 9.55 Å². The molecule has 0 aliphatic rings. The number of aromatic nitrogens is 2. The van der Waals surface area contributed by atoms with E-state index < -0.39 is 0 Å². The average molecular weight is 419 g/mol. The second-order valence-electron chi connectivity index (χ2n) is 4.56. The molecule has 1 N–H and O–H groups in total. The van der Waals surface area contributed by atoms with Crippen LogP contribution in [-0.4, -0.2) is 36.4 Å². The minimum Gasteiger partial charge on any atom is -0.495 e. The van der Waals surface area contributed by atoms with Crippen molar-refractivity contribution in [3.8, 4) is 11.4 Å². The van der Waals surface area contributed by atoms with E-state index in [0.29, 0.717) is 6.61 Å². The Hall–Kier alpha value is -1.05. The summed E-state index contributed by atoms with van der Waals surface area (Å²) < 4.78 is 14.3. The minimum absolute atomic E-state index is 0.160. The van der Waals surface area contributed by atoms with Gasteiger partial charge < -0.3 is 14.8 Å². The van der Waals surface area contributed by atoms with E-state index in [1.807, 2.05) is 29.8 Å². The fraction of sp³-hybridized carbons (Fsp3) is 0.357. The van der Waals surface area contributed by atoms with Crippen molar-refractivity contribution in [3.63, 3.8) is 0 Å². The third kappa shape index (κ3) is 3.78. The van der Waals surface area contributed by atoms with Crippen molar-refractivity contribution in [2.45, 2.75) is 13.0 Å². The van der Waals surface area contributed by atoms with Crippen molar-refractivity contribution in [3.05, 3.63) is 33.5 Å². The second kappa shape index (κ2) is 7.29. The number of imidazole rings is 1. The summed E-state index contributed by atoms with van der Waals surface area (Å²) in [4.78, 5) is 4.36. The zero-order valence-electron chi connectivity index (χ0n) is 12.1. The molecule has 0 bridgehead atoms. The lowest BCUT2D eigenvalue weighted by atomic mass is 10.3. The van der Waals surface area contributed by atoms with Crippen molar-refractivity contribution >= 4 is 37.8 Å². The van der Waals surface area contributed by atoms with Crippen LogP contribution in [0.5, 0.6) is 5.75 Å². The third-order valence-corrected chi connectivity index (χ3v) is 4.17. The molecule has 2 rings (SSSR count). The molecular formula is C14H17Br2N3O2. The number of hydrogen-bond donors (Lipinski definition) is 1. The van der Waals surface area contributed by atoms with Gasteiger partial charge in [0, 0.05) is 36.1 Å². The lowest BCUT2D eigenvalue weighted by Crippen LogP contribution is -2.22. The molecule has 7 heteroatoms. The topological polar surface area (TPSA) is 48.3 Å². The van der Waals surface area contributed by atoms with Crippen molar-refractivity contribution in [2.75, 3.05) is 26.1 Å². The van der Waals surface area contributed by atoms with Gasteiger partial charge >= 0.3 is 0 Å². The Labute approximate surface area is 140 Å². The first-order chi connectivity index (χ1) is 10.1. The molecule has 5 nitrogen and oxygen atoms in total. The highest BCUT2D eigenvalue weighted by atomic mass is 79.9. The predicted octanol–water partition coefficient (Wildman–Crippen LogP) is 3.85. The van der Waals surface area contributed by atoms with Crippen LogP contribution in [0.4, 0.5) is 5.95 Å². The lowest BCUT2D eigenvalue weighted by molar-refractivity contribution is 0.190. The van der Waals surface area contributed by atoms with E-state index in [9.17, 15) is 0 Å². The number of anilines is 1. The molecule has 1 heterocycles. The summed E-state index contributed by atoms with van der Waals surface area (Å²) in [6.45, 7) is 2.65. The number of nitrogens with one attached hydrogen (secondary N) is 1. The second-order valence-corrected chi connectivity index (χ2v) is 6.27. The van der Waals surface area contributed by atoms with E-state index in [2.05, 4.69) is 42.2 Å². The fourth-order valence-corrected chi connectivity index (χ4v) is 3.32. The van der Waals surface area contributed by atoms with Gasteiger partial charge in [0.15, 0.2) is 0 Å². The lowest BCUT2D eigenvalue weighted by Gasteiger charge is -2.17. The zero-order valence-corrected chi connectivity index (χ0v) is 15.2. The third-order valence-electron chi connectivity index (χ3n) is 2.91. The van der Waals surface area contributed by atoms with Crippen molar-refractivity contribution in [1.29, 1.82) is 0 Å². The van der Waals surface area contributed by atoms with Crippen LogP contribution in [-0.2, 0) is 4.74 Å². The molecule has 0 saturated carbocycles. The molecule has 21 heavy (non-hydrogen) atoms. The molecule has 1 aromatic carbocycles. The van der Waals surface area contributed by atoms with E-state index in [0.717, 1.165) is 26.3 Å². The molecule has 0 amide bonds. The number of halogens is 2. The van der Waals surface area contributed by atoms with Crippen LogP contribution >= 0.6 is 31.9 Å². The van der Waals surface area contributed by atoms with Crippen LogP contribution in [0.25, 0.3) is 5.69 Å². The number of nitrogens with zero attached hydrogens (tertiary/aromatic N) is 2. The Bertz CT molecular complexity index is 616. The molecule has 2 aromatic rings. The summed E-state index contributed by atoms with van der Waals surface area (Å²) in [5.41, 5.74) is 0.944. The Balaban J connectivity index is 2.37. The normalized spacial score (nSPS) is 12.2. The SMILES string of the molecule is COCC(C)Nc1nccn1-c1cc(OC)c(Br)cc1Br. The van der Waals surface area contributed by atoms with E-state index >= 15 is 0 Å². The van der Waals surface area contributed by atoms with E-state index in [1.165, 1.54) is 0 Å². The first kappa shape index (κ1) is 16.3. The molecule has 1 aromatic heterocycles. The van der Waals surface area contributed by atoms with E-state index in [4.69, 9.17) is 9.47 Å². The van der Waals surface area contributed by atoms with Crippen LogP contribution in [0, 0.1) is 0 Å². The van der Waals surface area contributed by atoms with Crippen LogP contribution < -0.4 is 10.1 Å². The van der Waals surface area contributed by atoms with Gasteiger partial charge in [-0.2, -0.15) is 0 Å². The molecular weight excluding hydrogens is 402 g/mol. The maximum Gasteiger partial charge on any atom is 0.207 e. The fourth-order valence-electron chi connectivity index (χ4n) is 1.98. The Morgan fingerprint density at radius 1 is 1.29 bits per heavy atom. The number of methoxy groups -OCH3 is 2. The highest BCUT2D eigenvalue weighted by Gasteiger charge is 2.13. The smallest absolute Gasteiger partial charge is 0.207 e. The molecule has 114 valence electrons. The van der Waals surface area contributed by atoms with Gasteiger partial charge in [0.1, 0.15) is 5.75 Å². The summed E-state index contributed by atoms with van der Waals surface area (Å²) in [5, 5.41) is 3.32. The number of hydrogen-bond acceptors (Lipinski definition) is 4. The summed E-state index contributed by atoms with van der Waals surface area (Å²) in [6, 6.07) is 4.06. The highest BCUT2D eigenvalue weighted by molar-refractivity contribution is 9.11. The Morgan fingerprint density at radius 2 is 2.05 bits per heavy atom. The molecule has 0 fully saturated rings. The first-order valence-electron chi connectivity index (χ1n) is 6.39. The van der Waals surface area contributed by atoms with Crippen LogP contribution in [0.1, 0.15) is 6.92 Å². The molecule has 1 atom stereocenters. The number of rotatable bonds is 6. The van der Waals surface area contributed by atoms with Crippen LogP contribution in [0.15, 0.2) is 33.5 Å². The average Bonchev–Trinajstić information content (AvgIpc) is 2.87. The Kier molecular flexibility index (Phi) is 5.66. The largest absolute Gasteiger partial charge is 0.495 e. The van der Waals surface area contributed by atoms with Crippen molar-refractivity contribution in [2.24, 2.45) is 0 Å². The number of ether oxygens (including phenoxy) is 2. The minimum atomic E-state index is 0.160. The summed E-state index contributed by atoms with van der Waals surface area (Å²) in [6.07, 6.45) is 3.65. The standard InChI is InChI=1S/C14H17Br2N3O2/c1-9(8-20-2)18-14-17-4-5-19(14)12-7-13(21-3)11(16)6-10(12)15/h4-7,9H,8H2,1-3H3,(H,17,18). The van der Waals surface area contributed by atoms with Gasteiger partial charge in [-0.25, -0.2) is 4.98 Å². The number of benzene rings is 1. The maximum atomic E-state index is 5.36. The van der Waals surface area contributed by atoms with Gasteiger partial charge in [-0.05, 0) is 44.8 Å². The summed E-state index contributed by atoms with van der Waals surface area (Å²) >= 11 is 7.05. The van der Waals surface area contributed by atoms with Gasteiger partial charge in [0.25, 0.3) is 0 Å². The van der Waals surface area contributed by atoms with Crippen molar-refractivity contribution < 1.29 is 9.47 Å². The zero-order chi connectivity index (χ0) is 15.4. The predicted molar refractivity (Wildman–Crippen MR) is 90.5 cm³/mol. The van der Waals surface area contributed by atoms with E-state index in [-0.39, 0.29) is 6.04 Å². The van der Waals surface area contributed by atoms with E-state index in [1.54, 1.807) is 20.4 Å². The molecule has 0 spiro atoms. The van der Waals surface area contributed by atoms with Gasteiger partial charge in [-0.1, -0.05) is 0 Å². The molecule has 0 radical (unpaired) electrons. The van der Waals surface area contributed by atoms with Gasteiger partial charge in [-0.3, -0.25) is 4.57 Å². The van der Waals surface area contributed by atoms with Gasteiger partial charge in [-0.15, -0.1) is 0 Å². The van der Waals surface area contributed by atoms with Gasteiger partial charge in [0.2, 0.25) is 5.95 Å². The summed E-state index contributed by atoms with van der Waals surface area (Å²) in [7, 11) is 3.33. The maximum absolute atomic E-state index is 5.36. The molecule has 0 aliphatic heterocycles. The van der Waals surface area contributed by atoms with Gasteiger partial charge in [0.05, 0.1) is 23.9 Å². The molecule has 0 aliphatic carbocycles. The van der Waals surface area contributed by atoms with Crippen LogP contribution in [0.3, 0.4) is 0 Å². The molecule has 0 saturated heterocycles. The monoisotopic (exact) mass is 417 g/mol.